The number of nitrogens with one attached hydrogen (secondary N) is 2. The van der Waals surface area contributed by atoms with Gasteiger partial charge in [0.05, 0.1) is 19.6 Å². The van der Waals surface area contributed by atoms with E-state index in [1.165, 1.54) is 12.1 Å². The molecule has 1 amide bonds. The molecule has 1 atom stereocenters. The molecule has 0 spiro atoms. The lowest BCUT2D eigenvalue weighted by Gasteiger charge is -2.15. The van der Waals surface area contributed by atoms with Crippen molar-refractivity contribution in [1.29, 1.82) is 0 Å². The molecule has 164 valence electrons. The molecule has 30 heavy (non-hydrogen) atoms. The van der Waals surface area contributed by atoms with E-state index < -0.39 is 11.8 Å². The molecule has 8 heteroatoms. The summed E-state index contributed by atoms with van der Waals surface area (Å²) in [6.07, 6.45) is 1.18. The van der Waals surface area contributed by atoms with Crippen LogP contribution in [0, 0.1) is 11.7 Å². The van der Waals surface area contributed by atoms with Gasteiger partial charge in [0.25, 0.3) is 0 Å². The van der Waals surface area contributed by atoms with Crippen LogP contribution < -0.4 is 21.1 Å². The minimum absolute atomic E-state index is 0. The number of hydrogen-bond donors (Lipinski definition) is 3. The van der Waals surface area contributed by atoms with E-state index in [4.69, 9.17) is 10.5 Å². The monoisotopic (exact) mass is 528 g/mol. The highest BCUT2D eigenvalue weighted by molar-refractivity contribution is 14.0. The van der Waals surface area contributed by atoms with Crippen LogP contribution in [0.4, 0.5) is 4.39 Å². The molecule has 0 saturated carbocycles. The average Bonchev–Trinajstić information content (AvgIpc) is 2.72. The smallest absolute Gasteiger partial charge is 0.222 e. The normalized spacial score (nSPS) is 11.9. The molecule has 2 rings (SSSR count). The molecule has 2 aromatic rings. The quantitative estimate of drug-likeness (QED) is 0.252. The average molecular weight is 528 g/mol. The molecule has 0 fully saturated rings. The van der Waals surface area contributed by atoms with Crippen molar-refractivity contribution in [3.8, 4) is 5.75 Å². The second kappa shape index (κ2) is 13.8. The van der Waals surface area contributed by atoms with Crippen LogP contribution in [-0.4, -0.2) is 38.6 Å². The van der Waals surface area contributed by atoms with E-state index in [-0.39, 0.29) is 36.3 Å². The number of para-hydroxylation sites is 1. The maximum atomic E-state index is 13.1. The van der Waals surface area contributed by atoms with E-state index in [1.54, 1.807) is 19.2 Å². The highest BCUT2D eigenvalue weighted by Crippen LogP contribution is 2.17. The van der Waals surface area contributed by atoms with E-state index >= 15 is 0 Å². The van der Waals surface area contributed by atoms with E-state index in [9.17, 15) is 9.18 Å². The summed E-state index contributed by atoms with van der Waals surface area (Å²) in [5.74, 6) is 0.265. The number of nitrogens with zero attached hydrogens (tertiary/aromatic N) is 1. The molecular formula is C22H30FIN4O2. The first-order valence-corrected chi connectivity index (χ1v) is 9.71. The fourth-order valence-corrected chi connectivity index (χ4v) is 2.93. The van der Waals surface area contributed by atoms with Crippen molar-refractivity contribution in [3.63, 3.8) is 0 Å². The summed E-state index contributed by atoms with van der Waals surface area (Å²) < 4.78 is 18.4. The molecule has 1 unspecified atom stereocenters. The number of ether oxygens (including phenoxy) is 1. The van der Waals surface area contributed by atoms with Crippen LogP contribution in [0.1, 0.15) is 18.1 Å². The Morgan fingerprint density at radius 2 is 1.87 bits per heavy atom. The van der Waals surface area contributed by atoms with Gasteiger partial charge < -0.3 is 21.1 Å². The Morgan fingerprint density at radius 3 is 2.50 bits per heavy atom. The first-order valence-electron chi connectivity index (χ1n) is 9.71. The van der Waals surface area contributed by atoms with Crippen LogP contribution in [0.15, 0.2) is 53.5 Å². The van der Waals surface area contributed by atoms with Crippen LogP contribution in [0.2, 0.25) is 0 Å². The molecule has 0 heterocycles. The van der Waals surface area contributed by atoms with Crippen molar-refractivity contribution in [2.75, 3.05) is 26.7 Å². The van der Waals surface area contributed by atoms with Gasteiger partial charge in [-0.15, -0.1) is 24.0 Å². The van der Waals surface area contributed by atoms with E-state index in [0.717, 1.165) is 23.3 Å². The third-order valence-electron chi connectivity index (χ3n) is 4.49. The number of amides is 1. The molecule has 2 aromatic carbocycles. The summed E-state index contributed by atoms with van der Waals surface area (Å²) >= 11 is 0. The standard InChI is InChI=1S/C22H29FN4O2.HI/c1-3-25-22(26-13-12-17-6-4-5-7-20(17)29-2)27-15-18(21(24)28)14-16-8-10-19(23)11-9-16;/h4-11,18H,3,12-15H2,1-2H3,(H2,24,28)(H2,25,26,27);1H. The van der Waals surface area contributed by atoms with Crippen molar-refractivity contribution in [3.05, 3.63) is 65.5 Å². The highest BCUT2D eigenvalue weighted by atomic mass is 127. The van der Waals surface area contributed by atoms with Crippen LogP contribution in [0.5, 0.6) is 5.75 Å². The molecule has 0 saturated heterocycles. The summed E-state index contributed by atoms with van der Waals surface area (Å²) in [5, 5.41) is 6.44. The van der Waals surface area contributed by atoms with Crippen molar-refractivity contribution >= 4 is 35.8 Å². The first kappa shape index (κ1) is 25.7. The van der Waals surface area contributed by atoms with Gasteiger partial charge in [0.2, 0.25) is 5.91 Å². The Hall–Kier alpha value is -2.36. The Kier molecular flexibility index (Phi) is 11.8. The van der Waals surface area contributed by atoms with Gasteiger partial charge in [-0.1, -0.05) is 30.3 Å². The maximum absolute atomic E-state index is 13.1. The summed E-state index contributed by atoms with van der Waals surface area (Å²) in [7, 11) is 1.66. The number of rotatable bonds is 10. The summed E-state index contributed by atoms with van der Waals surface area (Å²) in [5.41, 5.74) is 7.49. The number of benzene rings is 2. The van der Waals surface area contributed by atoms with Crippen molar-refractivity contribution in [1.82, 2.24) is 10.6 Å². The molecule has 6 nitrogen and oxygen atoms in total. The predicted molar refractivity (Wildman–Crippen MR) is 129 cm³/mol. The number of carbonyl (C=O) groups excluding carboxylic acids is 1. The maximum Gasteiger partial charge on any atom is 0.222 e. The summed E-state index contributed by atoms with van der Waals surface area (Å²) in [6.45, 7) is 3.57. The minimum Gasteiger partial charge on any atom is -0.496 e. The molecule has 0 aromatic heterocycles. The molecule has 0 aliphatic carbocycles. The molecule has 0 aliphatic heterocycles. The van der Waals surface area contributed by atoms with Gasteiger partial charge in [0.15, 0.2) is 5.96 Å². The SMILES string of the molecule is CCNC(=NCC(Cc1ccc(F)cc1)C(N)=O)NCCc1ccccc1OC.I. The van der Waals surface area contributed by atoms with Gasteiger partial charge in [-0.05, 0) is 49.1 Å². The molecule has 0 aliphatic rings. The fourth-order valence-electron chi connectivity index (χ4n) is 2.93. The van der Waals surface area contributed by atoms with E-state index in [2.05, 4.69) is 15.6 Å². The van der Waals surface area contributed by atoms with Gasteiger partial charge in [0.1, 0.15) is 11.6 Å². The third kappa shape index (κ3) is 8.56. The summed E-state index contributed by atoms with van der Waals surface area (Å²) in [4.78, 5) is 16.3. The molecule has 0 bridgehead atoms. The fraction of sp³-hybridized carbons (Fsp3) is 0.364. The van der Waals surface area contributed by atoms with Gasteiger partial charge >= 0.3 is 0 Å². The van der Waals surface area contributed by atoms with E-state index in [1.807, 2.05) is 31.2 Å². The Balaban J connectivity index is 0.00000450. The zero-order valence-corrected chi connectivity index (χ0v) is 19.7. The second-order valence-electron chi connectivity index (χ2n) is 6.64. The van der Waals surface area contributed by atoms with Crippen molar-refractivity contribution < 1.29 is 13.9 Å². The van der Waals surface area contributed by atoms with Crippen molar-refractivity contribution in [2.24, 2.45) is 16.6 Å². The van der Waals surface area contributed by atoms with Gasteiger partial charge in [0, 0.05) is 13.1 Å². The Bertz CT molecular complexity index is 815. The van der Waals surface area contributed by atoms with Crippen LogP contribution in [-0.2, 0) is 17.6 Å². The molecule has 0 radical (unpaired) electrons. The number of aliphatic imine (C=N–C) groups is 1. The number of nitrogens with two attached hydrogens (primary N) is 1. The summed E-state index contributed by atoms with van der Waals surface area (Å²) in [6, 6.07) is 13.9. The highest BCUT2D eigenvalue weighted by Gasteiger charge is 2.16. The molecule has 4 N–H and O–H groups in total. The second-order valence-corrected chi connectivity index (χ2v) is 6.64. The minimum atomic E-state index is -0.467. The first-order chi connectivity index (χ1) is 14.0. The number of methoxy groups -OCH3 is 1. The number of carbonyl (C=O) groups is 1. The zero-order chi connectivity index (χ0) is 21.1. The largest absolute Gasteiger partial charge is 0.496 e. The zero-order valence-electron chi connectivity index (χ0n) is 17.4. The lowest BCUT2D eigenvalue weighted by atomic mass is 9.99. The predicted octanol–water partition coefficient (Wildman–Crippen LogP) is 2.89. The lowest BCUT2D eigenvalue weighted by Crippen LogP contribution is -2.39. The van der Waals surface area contributed by atoms with Crippen molar-refractivity contribution in [2.45, 2.75) is 19.8 Å². The van der Waals surface area contributed by atoms with Gasteiger partial charge in [-0.25, -0.2) is 4.39 Å². The lowest BCUT2D eigenvalue weighted by molar-refractivity contribution is -0.121. The topological polar surface area (TPSA) is 88.7 Å². The van der Waals surface area contributed by atoms with Crippen LogP contribution >= 0.6 is 24.0 Å². The van der Waals surface area contributed by atoms with E-state index in [0.29, 0.717) is 25.5 Å². The number of hydrogen-bond acceptors (Lipinski definition) is 3. The van der Waals surface area contributed by atoms with Gasteiger partial charge in [-0.3, -0.25) is 9.79 Å². The Morgan fingerprint density at radius 1 is 1.17 bits per heavy atom. The third-order valence-corrected chi connectivity index (χ3v) is 4.49. The molecular weight excluding hydrogens is 498 g/mol. The number of halogens is 2. The number of guanidine groups is 1. The van der Waals surface area contributed by atoms with Crippen LogP contribution in [0.25, 0.3) is 0 Å². The van der Waals surface area contributed by atoms with Crippen LogP contribution in [0.3, 0.4) is 0 Å². The van der Waals surface area contributed by atoms with Gasteiger partial charge in [-0.2, -0.15) is 0 Å². The number of primary amides is 1. The Labute approximate surface area is 194 Å².